The summed E-state index contributed by atoms with van der Waals surface area (Å²) in [5.74, 6) is 1.27. The highest BCUT2D eigenvalue weighted by atomic mass is 35.5. The number of benzene rings is 1. The van der Waals surface area contributed by atoms with Gasteiger partial charge < -0.3 is 10.2 Å². The number of piperidine rings is 1. The Bertz CT molecular complexity index is 1200. The third-order valence-electron chi connectivity index (χ3n) is 5.56. The minimum absolute atomic E-state index is 0.0733. The Balaban J connectivity index is 1.54. The second kappa shape index (κ2) is 11.0. The van der Waals surface area contributed by atoms with Crippen molar-refractivity contribution in [2.45, 2.75) is 44.3 Å². The van der Waals surface area contributed by atoms with Gasteiger partial charge in [-0.3, -0.25) is 14.9 Å². The number of hydrogen-bond acceptors (Lipinski definition) is 8. The molecule has 1 fully saturated rings. The Morgan fingerprint density at radius 1 is 1.26 bits per heavy atom. The fourth-order valence-electron chi connectivity index (χ4n) is 3.91. The molecule has 1 amide bonds. The highest BCUT2D eigenvalue weighted by molar-refractivity contribution is 7.99. The van der Waals surface area contributed by atoms with E-state index in [1.165, 1.54) is 24.6 Å². The molecule has 12 heteroatoms. The maximum atomic E-state index is 12.6. The average molecular weight is 504 g/mol. The van der Waals surface area contributed by atoms with Gasteiger partial charge in [0, 0.05) is 36.5 Å². The molecule has 0 aliphatic carbocycles. The van der Waals surface area contributed by atoms with Gasteiger partial charge in [0.15, 0.2) is 10.8 Å². The number of nitro benzene ring substituents is 1. The van der Waals surface area contributed by atoms with Gasteiger partial charge in [-0.25, -0.2) is 14.6 Å². The van der Waals surface area contributed by atoms with E-state index in [2.05, 4.69) is 22.2 Å². The summed E-state index contributed by atoms with van der Waals surface area (Å²) in [6.45, 7) is 4.62. The quantitative estimate of drug-likeness (QED) is 0.198. The molecule has 10 nitrogen and oxygen atoms in total. The SMILES string of the molecule is CCCSc1nc(N2CCCCC2)c2cnn(CCNC(=O)c3cc(Cl)ccc3[N+](=O)[O-])c2n1. The first-order valence-electron chi connectivity index (χ1n) is 11.3. The molecule has 2 aromatic heterocycles. The van der Waals surface area contributed by atoms with E-state index in [1.54, 1.807) is 22.6 Å². The standard InChI is InChI=1S/C22H26ClN7O3S/c1-2-12-34-22-26-19(28-9-4-3-5-10-28)17-14-25-29(20(17)27-22)11-8-24-21(31)16-13-15(23)6-7-18(16)30(32)33/h6-7,13-14H,2-5,8-12H2,1H3,(H,24,31). The summed E-state index contributed by atoms with van der Waals surface area (Å²) in [6.07, 6.45) is 6.30. The van der Waals surface area contributed by atoms with Gasteiger partial charge in [0.2, 0.25) is 0 Å². The summed E-state index contributed by atoms with van der Waals surface area (Å²) in [5.41, 5.74) is 0.357. The molecule has 0 radical (unpaired) electrons. The summed E-state index contributed by atoms with van der Waals surface area (Å²) < 4.78 is 1.74. The molecule has 3 heterocycles. The van der Waals surface area contributed by atoms with Crippen LogP contribution in [0.2, 0.25) is 5.02 Å². The van der Waals surface area contributed by atoms with Crippen LogP contribution in [-0.2, 0) is 6.54 Å². The van der Waals surface area contributed by atoms with Crippen molar-refractivity contribution >= 4 is 51.8 Å². The van der Waals surface area contributed by atoms with Crippen molar-refractivity contribution in [1.82, 2.24) is 25.1 Å². The van der Waals surface area contributed by atoms with Gasteiger partial charge in [-0.15, -0.1) is 0 Å². The maximum absolute atomic E-state index is 12.6. The first-order valence-corrected chi connectivity index (χ1v) is 12.7. The molecule has 0 saturated carbocycles. The molecular weight excluding hydrogens is 478 g/mol. The number of carbonyl (C=O) groups is 1. The lowest BCUT2D eigenvalue weighted by Crippen LogP contribution is -2.30. The van der Waals surface area contributed by atoms with Crippen LogP contribution in [0.25, 0.3) is 11.0 Å². The number of amides is 1. The van der Waals surface area contributed by atoms with Crippen molar-refractivity contribution in [2.24, 2.45) is 0 Å². The molecule has 0 unspecified atom stereocenters. The minimum atomic E-state index is -0.596. The van der Waals surface area contributed by atoms with Crippen LogP contribution in [-0.4, -0.2) is 56.0 Å². The molecule has 0 atom stereocenters. The van der Waals surface area contributed by atoms with E-state index in [9.17, 15) is 14.9 Å². The number of rotatable bonds is 9. The van der Waals surface area contributed by atoms with Gasteiger partial charge >= 0.3 is 0 Å². The van der Waals surface area contributed by atoms with E-state index in [-0.39, 0.29) is 22.8 Å². The number of aromatic nitrogens is 4. The normalized spacial score (nSPS) is 13.9. The number of fused-ring (bicyclic) bond motifs is 1. The van der Waals surface area contributed by atoms with Crippen LogP contribution < -0.4 is 10.2 Å². The minimum Gasteiger partial charge on any atom is -0.356 e. The second-order valence-corrected chi connectivity index (χ2v) is 9.50. The van der Waals surface area contributed by atoms with Gasteiger partial charge in [0.25, 0.3) is 11.6 Å². The Morgan fingerprint density at radius 2 is 2.06 bits per heavy atom. The van der Waals surface area contributed by atoms with Crippen molar-refractivity contribution in [3.63, 3.8) is 0 Å². The van der Waals surface area contributed by atoms with Crippen molar-refractivity contribution in [3.8, 4) is 0 Å². The van der Waals surface area contributed by atoms with Crippen LogP contribution in [0.5, 0.6) is 0 Å². The number of nitrogens with one attached hydrogen (secondary N) is 1. The number of halogens is 1. The summed E-state index contributed by atoms with van der Waals surface area (Å²) in [7, 11) is 0. The van der Waals surface area contributed by atoms with Gasteiger partial charge in [-0.1, -0.05) is 30.3 Å². The molecular formula is C22H26ClN7O3S. The van der Waals surface area contributed by atoms with Crippen molar-refractivity contribution in [2.75, 3.05) is 30.3 Å². The number of carbonyl (C=O) groups excluding carboxylic acids is 1. The summed E-state index contributed by atoms with van der Waals surface area (Å²) in [6, 6.07) is 3.92. The maximum Gasteiger partial charge on any atom is 0.282 e. The molecule has 3 aromatic rings. The monoisotopic (exact) mass is 503 g/mol. The van der Waals surface area contributed by atoms with E-state index in [1.807, 2.05) is 0 Å². The number of hydrogen-bond donors (Lipinski definition) is 1. The number of thioether (sulfide) groups is 1. The van der Waals surface area contributed by atoms with E-state index in [0.29, 0.717) is 6.54 Å². The molecule has 1 aliphatic rings. The zero-order chi connectivity index (χ0) is 24.1. The fourth-order valence-corrected chi connectivity index (χ4v) is 4.77. The second-order valence-electron chi connectivity index (χ2n) is 8.01. The molecule has 4 rings (SSSR count). The van der Waals surface area contributed by atoms with E-state index >= 15 is 0 Å². The van der Waals surface area contributed by atoms with Crippen LogP contribution >= 0.6 is 23.4 Å². The van der Waals surface area contributed by atoms with Crippen LogP contribution in [0.15, 0.2) is 29.6 Å². The van der Waals surface area contributed by atoms with E-state index in [0.717, 1.165) is 60.1 Å². The topological polar surface area (TPSA) is 119 Å². The van der Waals surface area contributed by atoms with Crippen LogP contribution in [0.1, 0.15) is 43.0 Å². The third kappa shape index (κ3) is 5.41. The lowest BCUT2D eigenvalue weighted by Gasteiger charge is -2.28. The molecule has 0 bridgehead atoms. The summed E-state index contributed by atoms with van der Waals surface area (Å²) >= 11 is 7.56. The zero-order valence-electron chi connectivity index (χ0n) is 18.9. The van der Waals surface area contributed by atoms with Crippen molar-refractivity contribution in [1.29, 1.82) is 0 Å². The Kier molecular flexibility index (Phi) is 7.84. The average Bonchev–Trinajstić information content (AvgIpc) is 3.25. The van der Waals surface area contributed by atoms with Crippen molar-refractivity contribution in [3.05, 3.63) is 45.1 Å². The van der Waals surface area contributed by atoms with E-state index < -0.39 is 10.8 Å². The smallest absolute Gasteiger partial charge is 0.282 e. The van der Waals surface area contributed by atoms with Gasteiger partial charge in [-0.05, 0) is 37.8 Å². The van der Waals surface area contributed by atoms with E-state index in [4.69, 9.17) is 21.6 Å². The lowest BCUT2D eigenvalue weighted by atomic mass is 10.1. The van der Waals surface area contributed by atoms with Gasteiger partial charge in [0.1, 0.15) is 11.4 Å². The molecule has 34 heavy (non-hydrogen) atoms. The Labute approximate surface area is 206 Å². The molecule has 1 N–H and O–H groups in total. The van der Waals surface area contributed by atoms with Gasteiger partial charge in [-0.2, -0.15) is 5.10 Å². The van der Waals surface area contributed by atoms with Crippen LogP contribution in [0.3, 0.4) is 0 Å². The first kappa shape index (κ1) is 24.2. The fraction of sp³-hybridized carbons (Fsp3) is 0.455. The lowest BCUT2D eigenvalue weighted by molar-refractivity contribution is -0.385. The largest absolute Gasteiger partial charge is 0.356 e. The predicted octanol–water partition coefficient (Wildman–Crippen LogP) is 4.31. The Hall–Kier alpha value is -2.92. The molecule has 1 aromatic carbocycles. The molecule has 1 saturated heterocycles. The zero-order valence-corrected chi connectivity index (χ0v) is 20.4. The first-order chi connectivity index (χ1) is 16.5. The van der Waals surface area contributed by atoms with Crippen molar-refractivity contribution < 1.29 is 9.72 Å². The highest BCUT2D eigenvalue weighted by Gasteiger charge is 2.22. The summed E-state index contributed by atoms with van der Waals surface area (Å²) in [4.78, 5) is 35.2. The third-order valence-corrected chi connectivity index (χ3v) is 6.84. The predicted molar refractivity (Wildman–Crippen MR) is 133 cm³/mol. The molecule has 1 aliphatic heterocycles. The number of nitrogens with zero attached hydrogens (tertiary/aromatic N) is 6. The van der Waals surface area contributed by atoms with Gasteiger partial charge in [0.05, 0.1) is 23.1 Å². The summed E-state index contributed by atoms with van der Waals surface area (Å²) in [5, 5.41) is 20.4. The number of nitro groups is 1. The highest BCUT2D eigenvalue weighted by Crippen LogP contribution is 2.29. The van der Waals surface area contributed by atoms with Crippen LogP contribution in [0, 0.1) is 10.1 Å². The number of anilines is 1. The molecule has 0 spiro atoms. The molecule has 180 valence electrons. The Morgan fingerprint density at radius 3 is 2.79 bits per heavy atom. The van der Waals surface area contributed by atoms with Crippen LogP contribution in [0.4, 0.5) is 11.5 Å².